The van der Waals surface area contributed by atoms with Gasteiger partial charge in [0.25, 0.3) is 0 Å². The molecule has 1 unspecified atom stereocenters. The zero-order chi connectivity index (χ0) is 22.8. The predicted molar refractivity (Wildman–Crippen MR) is 126 cm³/mol. The Balaban J connectivity index is 1.28. The number of hydrogen-bond acceptors (Lipinski definition) is 7. The van der Waals surface area contributed by atoms with Gasteiger partial charge in [0.1, 0.15) is 11.5 Å². The van der Waals surface area contributed by atoms with Gasteiger partial charge in [-0.2, -0.15) is 5.10 Å². The first kappa shape index (κ1) is 21.3. The molecule has 4 aromatic rings. The van der Waals surface area contributed by atoms with Crippen molar-refractivity contribution in [3.05, 3.63) is 66.6 Å². The van der Waals surface area contributed by atoms with Crippen LogP contribution in [0.3, 0.4) is 0 Å². The van der Waals surface area contributed by atoms with E-state index in [9.17, 15) is 9.50 Å². The van der Waals surface area contributed by atoms with Gasteiger partial charge >= 0.3 is 0 Å². The lowest BCUT2D eigenvalue weighted by molar-refractivity contribution is 0.141. The summed E-state index contributed by atoms with van der Waals surface area (Å²) in [5, 5.41) is 31.7. The molecular formula is C24H26FN7O. The predicted octanol–water partition coefficient (Wildman–Crippen LogP) is 3.12. The molecule has 170 valence electrons. The van der Waals surface area contributed by atoms with Gasteiger partial charge in [-0.1, -0.05) is 36.4 Å². The van der Waals surface area contributed by atoms with Gasteiger partial charge in [-0.15, -0.1) is 10.2 Å². The van der Waals surface area contributed by atoms with Crippen LogP contribution in [-0.2, 0) is 7.05 Å². The molecule has 0 bridgehead atoms. The van der Waals surface area contributed by atoms with Gasteiger partial charge in [0.15, 0.2) is 12.2 Å². The first-order valence-electron chi connectivity index (χ1n) is 11.0. The average Bonchev–Trinajstić information content (AvgIpc) is 3.26. The van der Waals surface area contributed by atoms with Crippen LogP contribution in [0.2, 0.25) is 0 Å². The van der Waals surface area contributed by atoms with Crippen molar-refractivity contribution in [2.45, 2.75) is 25.2 Å². The maximum atomic E-state index is 13.8. The van der Waals surface area contributed by atoms with Gasteiger partial charge in [-0.05, 0) is 31.0 Å². The summed E-state index contributed by atoms with van der Waals surface area (Å²) in [6, 6.07) is 16.5. The zero-order valence-corrected chi connectivity index (χ0v) is 18.3. The number of para-hydroxylation sites is 1. The first-order chi connectivity index (χ1) is 16.1. The molecule has 3 heterocycles. The Labute approximate surface area is 191 Å². The van der Waals surface area contributed by atoms with Crippen LogP contribution >= 0.6 is 0 Å². The lowest BCUT2D eigenvalue weighted by Gasteiger charge is -2.34. The second kappa shape index (κ2) is 9.13. The number of nitrogens with one attached hydrogen (secondary N) is 2. The molecular weight excluding hydrogens is 421 g/mol. The normalized spacial score (nSPS) is 15.7. The molecule has 33 heavy (non-hydrogen) atoms. The first-order valence-corrected chi connectivity index (χ1v) is 11.0. The molecule has 0 amide bonds. The molecule has 0 aliphatic carbocycles. The summed E-state index contributed by atoms with van der Waals surface area (Å²) in [5.74, 6) is 0.466. The number of rotatable bonds is 6. The Hall–Kier alpha value is -3.56. The average molecular weight is 448 g/mol. The van der Waals surface area contributed by atoms with Crippen LogP contribution in [0.5, 0.6) is 0 Å². The second-order valence-corrected chi connectivity index (χ2v) is 8.21. The van der Waals surface area contributed by atoms with Crippen LogP contribution in [0, 0.1) is 5.82 Å². The van der Waals surface area contributed by atoms with E-state index >= 15 is 0 Å². The minimum atomic E-state index is -1.03. The summed E-state index contributed by atoms with van der Waals surface area (Å²) in [7, 11) is 1.90. The number of fused-ring (bicyclic) bond motifs is 1. The van der Waals surface area contributed by atoms with Gasteiger partial charge in [0.05, 0.1) is 11.4 Å². The van der Waals surface area contributed by atoms with Crippen LogP contribution in [0.25, 0.3) is 22.2 Å². The fraction of sp³-hybridized carbons (Fsp3) is 0.292. The SMILES string of the molecule is Cn1nccc1-c1nnc(N2CCC(NC(O)Nc3ccccc3F)CC2)c2ccccc12. The van der Waals surface area contributed by atoms with Crippen molar-refractivity contribution in [3.8, 4) is 11.4 Å². The van der Waals surface area contributed by atoms with E-state index < -0.39 is 12.2 Å². The van der Waals surface area contributed by atoms with E-state index in [0.717, 1.165) is 53.9 Å². The van der Waals surface area contributed by atoms with E-state index in [4.69, 9.17) is 0 Å². The maximum Gasteiger partial charge on any atom is 0.181 e. The molecule has 0 radical (unpaired) electrons. The third-order valence-corrected chi connectivity index (χ3v) is 6.09. The molecule has 9 heteroatoms. The molecule has 0 spiro atoms. The zero-order valence-electron chi connectivity index (χ0n) is 18.3. The summed E-state index contributed by atoms with van der Waals surface area (Å²) in [6.07, 6.45) is 2.36. The molecule has 8 nitrogen and oxygen atoms in total. The molecule has 1 fully saturated rings. The molecule has 2 aromatic heterocycles. The minimum absolute atomic E-state index is 0.100. The third-order valence-electron chi connectivity index (χ3n) is 6.09. The van der Waals surface area contributed by atoms with Crippen LogP contribution in [0.15, 0.2) is 60.8 Å². The Morgan fingerprint density at radius 1 is 1.00 bits per heavy atom. The van der Waals surface area contributed by atoms with Crippen molar-refractivity contribution in [3.63, 3.8) is 0 Å². The Morgan fingerprint density at radius 3 is 2.45 bits per heavy atom. The third kappa shape index (κ3) is 4.37. The van der Waals surface area contributed by atoms with Gasteiger partial charge < -0.3 is 15.3 Å². The number of nitrogens with zero attached hydrogens (tertiary/aromatic N) is 5. The summed E-state index contributed by atoms with van der Waals surface area (Å²) >= 11 is 0. The van der Waals surface area contributed by atoms with Gasteiger partial charge in [-0.25, -0.2) is 4.39 Å². The van der Waals surface area contributed by atoms with E-state index in [1.807, 2.05) is 25.2 Å². The van der Waals surface area contributed by atoms with Gasteiger partial charge in [0, 0.05) is 43.1 Å². The van der Waals surface area contributed by atoms with E-state index in [-0.39, 0.29) is 11.7 Å². The number of aromatic nitrogens is 4. The van der Waals surface area contributed by atoms with Gasteiger partial charge in [0.2, 0.25) is 0 Å². The molecule has 3 N–H and O–H groups in total. The second-order valence-electron chi connectivity index (χ2n) is 8.21. The number of aliphatic hydroxyl groups excluding tert-OH is 1. The highest BCUT2D eigenvalue weighted by Crippen LogP contribution is 2.32. The number of benzene rings is 2. The van der Waals surface area contributed by atoms with Crippen molar-refractivity contribution in [1.82, 2.24) is 25.3 Å². The quantitative estimate of drug-likeness (QED) is 0.391. The molecule has 5 rings (SSSR count). The van der Waals surface area contributed by atoms with Crippen molar-refractivity contribution in [2.24, 2.45) is 7.05 Å². The largest absolute Gasteiger partial charge is 0.361 e. The van der Waals surface area contributed by atoms with Crippen molar-refractivity contribution in [2.75, 3.05) is 23.3 Å². The number of anilines is 2. The van der Waals surface area contributed by atoms with E-state index in [1.165, 1.54) is 6.07 Å². The van der Waals surface area contributed by atoms with E-state index in [1.54, 1.807) is 29.1 Å². The highest BCUT2D eigenvalue weighted by atomic mass is 19.1. The van der Waals surface area contributed by atoms with Crippen LogP contribution in [0.4, 0.5) is 15.9 Å². The fourth-order valence-electron chi connectivity index (χ4n) is 4.37. The smallest absolute Gasteiger partial charge is 0.181 e. The number of piperidine rings is 1. The molecule has 1 aliphatic heterocycles. The van der Waals surface area contributed by atoms with E-state index in [2.05, 4.69) is 43.0 Å². The number of halogens is 1. The highest BCUT2D eigenvalue weighted by molar-refractivity contribution is 5.99. The van der Waals surface area contributed by atoms with E-state index in [0.29, 0.717) is 0 Å². The Kier molecular flexibility index (Phi) is 5.89. The number of aliphatic hydroxyl groups is 1. The topological polar surface area (TPSA) is 91.1 Å². The molecule has 2 aromatic carbocycles. The fourth-order valence-corrected chi connectivity index (χ4v) is 4.37. The Bertz CT molecular complexity index is 1250. The van der Waals surface area contributed by atoms with Gasteiger partial charge in [-0.3, -0.25) is 10.00 Å². The van der Waals surface area contributed by atoms with Crippen LogP contribution in [0.1, 0.15) is 12.8 Å². The molecule has 1 atom stereocenters. The monoisotopic (exact) mass is 447 g/mol. The van der Waals surface area contributed by atoms with Crippen LogP contribution < -0.4 is 15.5 Å². The lowest BCUT2D eigenvalue weighted by atomic mass is 10.0. The standard InChI is InChI=1S/C24H26FN7O/c1-31-21(10-13-26-31)22-17-6-2-3-7-18(17)23(30-29-22)32-14-11-16(12-15-32)27-24(33)28-20-9-5-4-8-19(20)25/h2-10,13,16,24,27-28,33H,11-12,14-15H2,1H3. The summed E-state index contributed by atoms with van der Waals surface area (Å²) < 4.78 is 15.6. The summed E-state index contributed by atoms with van der Waals surface area (Å²) in [5.41, 5.74) is 2.00. The van der Waals surface area contributed by atoms with Crippen molar-refractivity contribution in [1.29, 1.82) is 0 Å². The molecule has 1 aliphatic rings. The molecule has 1 saturated heterocycles. The highest BCUT2D eigenvalue weighted by Gasteiger charge is 2.24. The Morgan fingerprint density at radius 2 is 1.73 bits per heavy atom. The van der Waals surface area contributed by atoms with Crippen LogP contribution in [-0.4, -0.2) is 50.6 Å². The maximum absolute atomic E-state index is 13.8. The minimum Gasteiger partial charge on any atom is -0.361 e. The lowest BCUT2D eigenvalue weighted by Crippen LogP contribution is -2.49. The summed E-state index contributed by atoms with van der Waals surface area (Å²) in [6.45, 7) is 1.54. The summed E-state index contributed by atoms with van der Waals surface area (Å²) in [4.78, 5) is 2.23. The number of hydrogen-bond donors (Lipinski definition) is 3. The van der Waals surface area contributed by atoms with Crippen molar-refractivity contribution < 1.29 is 9.50 Å². The molecule has 0 saturated carbocycles. The van der Waals surface area contributed by atoms with Crippen molar-refractivity contribution >= 4 is 22.3 Å². The number of aryl methyl sites for hydroxylation is 1.